The minimum absolute atomic E-state index is 0.778. The summed E-state index contributed by atoms with van der Waals surface area (Å²) in [7, 11) is 4.12. The van der Waals surface area contributed by atoms with Gasteiger partial charge in [-0.3, -0.25) is 0 Å². The third-order valence-electron chi connectivity index (χ3n) is 0.901. The van der Waals surface area contributed by atoms with Crippen LogP contribution in [0.5, 0.6) is 0 Å². The zero-order valence-electron chi connectivity index (χ0n) is 4.63. The third-order valence-corrected chi connectivity index (χ3v) is 0.901. The van der Waals surface area contributed by atoms with Crippen molar-refractivity contribution in [1.82, 2.24) is 4.99 Å². The first kappa shape index (κ1) is 4.53. The van der Waals surface area contributed by atoms with Crippen molar-refractivity contribution in [3.63, 3.8) is 0 Å². The molecule has 2 heteroatoms. The third kappa shape index (κ3) is 0.871. The molecule has 0 aromatic carbocycles. The molecule has 0 aliphatic carbocycles. The van der Waals surface area contributed by atoms with E-state index in [9.17, 15) is 0 Å². The van der Waals surface area contributed by atoms with E-state index >= 15 is 0 Å². The van der Waals surface area contributed by atoms with Crippen molar-refractivity contribution in [1.29, 1.82) is 0 Å². The SMILES string of the molecule is C[N+]1(C)C=C[N+]=C1. The molecule has 7 heavy (non-hydrogen) atoms. The predicted molar refractivity (Wildman–Crippen MR) is 29.4 cm³/mol. The normalized spacial score (nSPS) is 23.7. The molecule has 1 rings (SSSR count). The molecule has 1 aliphatic heterocycles. The smallest absolute Gasteiger partial charge is 0.211 e. The molecule has 0 saturated carbocycles. The quantitative estimate of drug-likeness (QED) is 0.375. The second-order valence-electron chi connectivity index (χ2n) is 2.19. The van der Waals surface area contributed by atoms with Crippen LogP contribution >= 0.6 is 0 Å². The van der Waals surface area contributed by atoms with Crippen LogP contribution in [0, 0.1) is 0 Å². The second kappa shape index (κ2) is 1.17. The topological polar surface area (TPSA) is 14.1 Å². The van der Waals surface area contributed by atoms with Crippen LogP contribution in [0.2, 0.25) is 0 Å². The number of rotatable bonds is 0. The highest BCUT2D eigenvalue weighted by atomic mass is 15.3. The average molecular weight is 97.1 g/mol. The largest absolute Gasteiger partial charge is 0.403 e. The summed E-state index contributed by atoms with van der Waals surface area (Å²) in [6.07, 6.45) is 5.69. The lowest BCUT2D eigenvalue weighted by atomic mass is 10.7. The van der Waals surface area contributed by atoms with Crippen LogP contribution in [0.25, 0.3) is 0 Å². The first-order valence-corrected chi connectivity index (χ1v) is 2.26. The molecule has 1 radical (unpaired) electrons. The molecule has 0 N–H and O–H groups in total. The van der Waals surface area contributed by atoms with Crippen LogP contribution in [0.15, 0.2) is 12.4 Å². The number of hydrogen-bond acceptors (Lipinski definition) is 1. The van der Waals surface area contributed by atoms with Crippen LogP contribution in [0.1, 0.15) is 0 Å². The number of nitrogens with zero attached hydrogens (tertiary/aromatic N) is 2. The monoisotopic (exact) mass is 97.1 g/mol. The zero-order valence-corrected chi connectivity index (χ0v) is 4.63. The van der Waals surface area contributed by atoms with Crippen LogP contribution in [0.3, 0.4) is 0 Å². The molecule has 1 heterocycles. The highest BCUT2D eigenvalue weighted by molar-refractivity contribution is 5.48. The molecular formula is C5H9N2+2. The summed E-state index contributed by atoms with van der Waals surface area (Å²) < 4.78 is 0.778. The molecule has 2 nitrogen and oxygen atoms in total. The highest BCUT2D eigenvalue weighted by Gasteiger charge is 2.19. The Morgan fingerprint density at radius 3 is 2.29 bits per heavy atom. The summed E-state index contributed by atoms with van der Waals surface area (Å²) in [6.45, 7) is 0. The Morgan fingerprint density at radius 2 is 2.14 bits per heavy atom. The van der Waals surface area contributed by atoms with Crippen molar-refractivity contribution in [3.8, 4) is 0 Å². The summed E-state index contributed by atoms with van der Waals surface area (Å²) in [4.78, 5) is 3.90. The van der Waals surface area contributed by atoms with Gasteiger partial charge in [-0.1, -0.05) is 0 Å². The maximum atomic E-state index is 3.90. The molecule has 0 amide bonds. The summed E-state index contributed by atoms with van der Waals surface area (Å²) in [5.41, 5.74) is 0. The van der Waals surface area contributed by atoms with Gasteiger partial charge in [-0.2, -0.15) is 0 Å². The molecule has 0 fully saturated rings. The summed E-state index contributed by atoms with van der Waals surface area (Å²) in [6, 6.07) is 0. The number of hydrogen-bond donors (Lipinski definition) is 0. The molecule has 0 aromatic heterocycles. The molecule has 0 saturated heterocycles. The lowest BCUT2D eigenvalue weighted by Crippen LogP contribution is -2.29. The van der Waals surface area contributed by atoms with Gasteiger partial charge in [0.2, 0.25) is 0 Å². The molecule has 0 bridgehead atoms. The van der Waals surface area contributed by atoms with Gasteiger partial charge in [0.05, 0.1) is 14.1 Å². The zero-order chi connectivity index (χ0) is 5.33. The van der Waals surface area contributed by atoms with Crippen LogP contribution in [-0.2, 0) is 0 Å². The first-order chi connectivity index (χ1) is 3.21. The van der Waals surface area contributed by atoms with Crippen LogP contribution in [-0.4, -0.2) is 24.9 Å². The van der Waals surface area contributed by atoms with Crippen molar-refractivity contribution in [3.05, 3.63) is 12.4 Å². The number of aliphatic imine (C=N–C) groups is 1. The van der Waals surface area contributed by atoms with Gasteiger partial charge in [0.15, 0.2) is 6.20 Å². The van der Waals surface area contributed by atoms with Gasteiger partial charge >= 0.3 is 12.5 Å². The van der Waals surface area contributed by atoms with E-state index in [4.69, 9.17) is 0 Å². The summed E-state index contributed by atoms with van der Waals surface area (Å²) in [5.74, 6) is 0. The predicted octanol–water partition coefficient (Wildman–Crippen LogP) is -0.0883. The lowest BCUT2D eigenvalue weighted by molar-refractivity contribution is -0.732. The summed E-state index contributed by atoms with van der Waals surface area (Å²) >= 11 is 0. The minimum atomic E-state index is 0.778. The van der Waals surface area contributed by atoms with Crippen molar-refractivity contribution in [2.75, 3.05) is 14.1 Å². The van der Waals surface area contributed by atoms with Gasteiger partial charge in [0, 0.05) is 0 Å². The van der Waals surface area contributed by atoms with Gasteiger partial charge in [-0.15, -0.1) is 0 Å². The Bertz CT molecular complexity index is 108. The van der Waals surface area contributed by atoms with Gasteiger partial charge in [-0.25, -0.2) is 4.48 Å². The van der Waals surface area contributed by atoms with Crippen molar-refractivity contribution in [2.24, 2.45) is 0 Å². The highest BCUT2D eigenvalue weighted by Crippen LogP contribution is 1.94. The maximum absolute atomic E-state index is 3.90. The fourth-order valence-electron chi connectivity index (χ4n) is 0.459. The van der Waals surface area contributed by atoms with Gasteiger partial charge in [0.25, 0.3) is 0 Å². The van der Waals surface area contributed by atoms with Crippen LogP contribution < -0.4 is 4.99 Å². The lowest BCUT2D eigenvalue weighted by Gasteiger charge is -2.06. The van der Waals surface area contributed by atoms with Gasteiger partial charge in [0.1, 0.15) is 4.99 Å². The second-order valence-corrected chi connectivity index (χ2v) is 2.19. The maximum Gasteiger partial charge on any atom is 0.403 e. The number of quaternary nitrogens is 1. The molecule has 0 spiro atoms. The Hall–Kier alpha value is -0.630. The Labute approximate surface area is 43.4 Å². The van der Waals surface area contributed by atoms with E-state index in [1.54, 1.807) is 6.20 Å². The van der Waals surface area contributed by atoms with Crippen LogP contribution in [0.4, 0.5) is 0 Å². The van der Waals surface area contributed by atoms with E-state index in [1.165, 1.54) is 0 Å². The summed E-state index contributed by atoms with van der Waals surface area (Å²) in [5, 5.41) is 0. The van der Waals surface area contributed by atoms with E-state index in [0.29, 0.717) is 0 Å². The van der Waals surface area contributed by atoms with E-state index < -0.39 is 0 Å². The molecule has 0 atom stereocenters. The molecule has 37 valence electrons. The minimum Gasteiger partial charge on any atom is -0.211 e. The fraction of sp³-hybridized carbons (Fsp3) is 0.400. The fourth-order valence-corrected chi connectivity index (χ4v) is 0.459. The standard InChI is InChI=1S/C5H9N2/c1-7(2)4-3-6-5-7/h3-5H,1-2H3/q+2. The van der Waals surface area contributed by atoms with Crippen molar-refractivity contribution in [2.45, 2.75) is 0 Å². The Balaban J connectivity index is 2.77. The molecule has 0 aromatic rings. The average Bonchev–Trinajstić information content (AvgIpc) is 1.84. The molecular weight excluding hydrogens is 88.1 g/mol. The van der Waals surface area contributed by atoms with Crippen molar-refractivity contribution < 1.29 is 4.48 Å². The van der Waals surface area contributed by atoms with E-state index in [1.807, 2.05) is 12.5 Å². The first-order valence-electron chi connectivity index (χ1n) is 2.26. The van der Waals surface area contributed by atoms with Gasteiger partial charge in [-0.05, 0) is 0 Å². The van der Waals surface area contributed by atoms with E-state index in [0.717, 1.165) is 4.48 Å². The van der Waals surface area contributed by atoms with Gasteiger partial charge < -0.3 is 0 Å². The van der Waals surface area contributed by atoms with E-state index in [-0.39, 0.29) is 0 Å². The molecule has 1 aliphatic rings. The van der Waals surface area contributed by atoms with Crippen molar-refractivity contribution >= 4 is 6.34 Å². The molecule has 0 unspecified atom stereocenters. The Kier molecular flexibility index (Phi) is 0.755. The Morgan fingerprint density at radius 1 is 1.43 bits per heavy atom. The van der Waals surface area contributed by atoms with E-state index in [2.05, 4.69) is 19.1 Å².